The number of carbonyl (C=O) groups is 2. The zero-order chi connectivity index (χ0) is 15.0. The lowest BCUT2D eigenvalue weighted by Crippen LogP contribution is -2.41. The molecule has 0 bridgehead atoms. The summed E-state index contributed by atoms with van der Waals surface area (Å²) in [5, 5.41) is 0.772. The van der Waals surface area contributed by atoms with Crippen molar-refractivity contribution >= 4 is 38.5 Å². The molecule has 21 heavy (non-hydrogen) atoms. The van der Waals surface area contributed by atoms with Crippen LogP contribution in [0.4, 0.5) is 0 Å². The minimum absolute atomic E-state index is 0.115. The van der Waals surface area contributed by atoms with Crippen molar-refractivity contribution in [1.29, 1.82) is 0 Å². The van der Waals surface area contributed by atoms with E-state index in [9.17, 15) is 9.59 Å². The van der Waals surface area contributed by atoms with E-state index >= 15 is 0 Å². The molecule has 1 aliphatic rings. The molecule has 2 aromatic rings. The van der Waals surface area contributed by atoms with Crippen molar-refractivity contribution in [2.45, 2.75) is 6.92 Å². The third-order valence-corrected chi connectivity index (χ3v) is 4.12. The van der Waals surface area contributed by atoms with Crippen LogP contribution in [0.25, 0.3) is 10.9 Å². The number of ketones is 1. The fourth-order valence-corrected chi connectivity index (χ4v) is 2.98. The second-order valence-electron chi connectivity index (χ2n) is 5.03. The molecule has 1 saturated heterocycles. The summed E-state index contributed by atoms with van der Waals surface area (Å²) in [6.07, 6.45) is 0. The SMILES string of the molecule is CC(=O)c1c(C(=O)N2CCOCC2)[nH]c2ccc(Br)cc12. The maximum Gasteiger partial charge on any atom is 0.271 e. The Bertz CT molecular complexity index is 717. The number of hydrogen-bond donors (Lipinski definition) is 1. The molecule has 1 fully saturated rings. The van der Waals surface area contributed by atoms with Gasteiger partial charge in [0.05, 0.1) is 18.8 Å². The summed E-state index contributed by atoms with van der Waals surface area (Å²) in [4.78, 5) is 29.5. The van der Waals surface area contributed by atoms with E-state index in [1.165, 1.54) is 6.92 Å². The molecule has 1 aromatic heterocycles. The average molecular weight is 351 g/mol. The molecule has 0 atom stereocenters. The smallest absolute Gasteiger partial charge is 0.271 e. The van der Waals surface area contributed by atoms with Crippen LogP contribution >= 0.6 is 15.9 Å². The molecule has 5 nitrogen and oxygen atoms in total. The molecule has 3 rings (SSSR count). The minimum Gasteiger partial charge on any atom is -0.378 e. The van der Waals surface area contributed by atoms with Gasteiger partial charge in [0.1, 0.15) is 5.69 Å². The number of nitrogens with zero attached hydrogens (tertiary/aromatic N) is 1. The molecule has 0 unspecified atom stereocenters. The Balaban J connectivity index is 2.10. The number of amides is 1. The number of fused-ring (bicyclic) bond motifs is 1. The maximum absolute atomic E-state index is 12.7. The van der Waals surface area contributed by atoms with E-state index in [0.717, 1.165) is 15.4 Å². The van der Waals surface area contributed by atoms with Gasteiger partial charge in [0.15, 0.2) is 5.78 Å². The Hall–Kier alpha value is -1.66. The number of H-pyrrole nitrogens is 1. The van der Waals surface area contributed by atoms with Crippen molar-refractivity contribution in [1.82, 2.24) is 9.88 Å². The van der Waals surface area contributed by atoms with Crippen LogP contribution in [0.15, 0.2) is 22.7 Å². The van der Waals surface area contributed by atoms with E-state index in [2.05, 4.69) is 20.9 Å². The molecule has 0 spiro atoms. The van der Waals surface area contributed by atoms with Crippen molar-refractivity contribution in [2.24, 2.45) is 0 Å². The predicted molar refractivity (Wildman–Crippen MR) is 82.7 cm³/mol. The topological polar surface area (TPSA) is 62.4 Å². The molecule has 1 N–H and O–H groups in total. The number of aromatic nitrogens is 1. The van der Waals surface area contributed by atoms with Gasteiger partial charge in [0.25, 0.3) is 5.91 Å². The summed E-state index contributed by atoms with van der Waals surface area (Å²) >= 11 is 3.40. The Labute approximate surface area is 130 Å². The number of morpholine rings is 1. The van der Waals surface area contributed by atoms with Crippen LogP contribution in [0.2, 0.25) is 0 Å². The number of nitrogens with one attached hydrogen (secondary N) is 1. The van der Waals surface area contributed by atoms with Gasteiger partial charge >= 0.3 is 0 Å². The minimum atomic E-state index is -0.143. The summed E-state index contributed by atoms with van der Waals surface area (Å²) in [6, 6.07) is 5.60. The maximum atomic E-state index is 12.7. The molecule has 0 saturated carbocycles. The van der Waals surface area contributed by atoms with Crippen molar-refractivity contribution in [3.63, 3.8) is 0 Å². The highest BCUT2D eigenvalue weighted by molar-refractivity contribution is 9.10. The highest BCUT2D eigenvalue weighted by atomic mass is 79.9. The van der Waals surface area contributed by atoms with Crippen LogP contribution in [0.3, 0.4) is 0 Å². The van der Waals surface area contributed by atoms with Gasteiger partial charge in [-0.05, 0) is 25.1 Å². The van der Waals surface area contributed by atoms with Gasteiger partial charge in [-0.15, -0.1) is 0 Å². The monoisotopic (exact) mass is 350 g/mol. The zero-order valence-corrected chi connectivity index (χ0v) is 13.2. The van der Waals surface area contributed by atoms with Crippen LogP contribution in [0.5, 0.6) is 0 Å². The van der Waals surface area contributed by atoms with Gasteiger partial charge in [-0.25, -0.2) is 0 Å². The highest BCUT2D eigenvalue weighted by Crippen LogP contribution is 2.27. The van der Waals surface area contributed by atoms with Crippen molar-refractivity contribution in [3.05, 3.63) is 33.9 Å². The van der Waals surface area contributed by atoms with Gasteiger partial charge < -0.3 is 14.6 Å². The lowest BCUT2D eigenvalue weighted by molar-refractivity contribution is 0.0298. The largest absolute Gasteiger partial charge is 0.378 e. The second-order valence-corrected chi connectivity index (χ2v) is 5.94. The number of Topliss-reactive ketones (excluding diaryl/α,β-unsaturated/α-hetero) is 1. The Morgan fingerprint density at radius 2 is 2.00 bits per heavy atom. The van der Waals surface area contributed by atoms with E-state index in [-0.39, 0.29) is 11.7 Å². The molecule has 110 valence electrons. The summed E-state index contributed by atoms with van der Waals surface area (Å²) in [5.41, 5.74) is 1.63. The molecule has 6 heteroatoms. The van der Waals surface area contributed by atoms with Crippen molar-refractivity contribution < 1.29 is 14.3 Å². The number of hydrogen-bond acceptors (Lipinski definition) is 3. The fraction of sp³-hybridized carbons (Fsp3) is 0.333. The number of benzene rings is 1. The normalized spacial score (nSPS) is 15.4. The summed E-state index contributed by atoms with van der Waals surface area (Å²) in [6.45, 7) is 3.66. The Morgan fingerprint density at radius 3 is 2.67 bits per heavy atom. The molecule has 2 heterocycles. The van der Waals surface area contributed by atoms with Crippen LogP contribution in [0, 0.1) is 0 Å². The molecule has 0 radical (unpaired) electrons. The summed E-state index contributed by atoms with van der Waals surface area (Å²) in [7, 11) is 0. The third kappa shape index (κ3) is 2.61. The molecule has 0 aliphatic carbocycles. The number of carbonyl (C=O) groups excluding carboxylic acids is 2. The molecular formula is C15H15BrN2O3. The van der Waals surface area contributed by atoms with Gasteiger partial charge in [-0.1, -0.05) is 15.9 Å². The summed E-state index contributed by atoms with van der Waals surface area (Å²) < 4.78 is 6.14. The van der Waals surface area contributed by atoms with Gasteiger partial charge in [-0.3, -0.25) is 9.59 Å². The first-order valence-corrected chi connectivity index (χ1v) is 7.56. The predicted octanol–water partition coefficient (Wildman–Crippen LogP) is 2.61. The van der Waals surface area contributed by atoms with Crippen LogP contribution < -0.4 is 0 Å². The van der Waals surface area contributed by atoms with Gasteiger partial charge in [-0.2, -0.15) is 0 Å². The van der Waals surface area contributed by atoms with E-state index < -0.39 is 0 Å². The average Bonchev–Trinajstić information content (AvgIpc) is 2.86. The van der Waals surface area contributed by atoms with E-state index in [4.69, 9.17) is 4.74 Å². The van der Waals surface area contributed by atoms with Gasteiger partial charge in [0, 0.05) is 28.5 Å². The van der Waals surface area contributed by atoms with E-state index in [1.807, 2.05) is 18.2 Å². The first-order chi connectivity index (χ1) is 10.1. The number of halogens is 1. The molecule has 1 aromatic carbocycles. The highest BCUT2D eigenvalue weighted by Gasteiger charge is 2.26. The first kappa shape index (κ1) is 14.3. The van der Waals surface area contributed by atoms with Crippen LogP contribution in [-0.4, -0.2) is 47.9 Å². The molecular weight excluding hydrogens is 336 g/mol. The molecule has 1 aliphatic heterocycles. The van der Waals surface area contributed by atoms with Crippen molar-refractivity contribution in [3.8, 4) is 0 Å². The first-order valence-electron chi connectivity index (χ1n) is 6.77. The third-order valence-electron chi connectivity index (χ3n) is 3.62. The van der Waals surface area contributed by atoms with Gasteiger partial charge in [0.2, 0.25) is 0 Å². The molecule has 1 amide bonds. The van der Waals surface area contributed by atoms with Crippen LogP contribution in [0.1, 0.15) is 27.8 Å². The van der Waals surface area contributed by atoms with Crippen LogP contribution in [-0.2, 0) is 4.74 Å². The lowest BCUT2D eigenvalue weighted by Gasteiger charge is -2.26. The Morgan fingerprint density at radius 1 is 1.29 bits per heavy atom. The van der Waals surface area contributed by atoms with E-state index in [0.29, 0.717) is 37.6 Å². The zero-order valence-electron chi connectivity index (χ0n) is 11.6. The number of aromatic amines is 1. The number of rotatable bonds is 2. The fourth-order valence-electron chi connectivity index (χ4n) is 2.61. The standard InChI is InChI=1S/C15H15BrN2O3/c1-9(19)13-11-8-10(16)2-3-12(11)17-14(13)15(20)18-4-6-21-7-5-18/h2-3,8,17H,4-7H2,1H3. The van der Waals surface area contributed by atoms with Crippen molar-refractivity contribution in [2.75, 3.05) is 26.3 Å². The number of ether oxygens (including phenoxy) is 1. The van der Waals surface area contributed by atoms with E-state index in [1.54, 1.807) is 4.90 Å². The Kier molecular flexibility index (Phi) is 3.82. The quantitative estimate of drug-likeness (QED) is 0.846. The summed E-state index contributed by atoms with van der Waals surface area (Å²) in [5.74, 6) is -0.258. The second kappa shape index (κ2) is 5.61. The lowest BCUT2D eigenvalue weighted by atomic mass is 10.1.